The zero-order valence-corrected chi connectivity index (χ0v) is 20.3. The Kier molecular flexibility index (Phi) is 6.83. The number of methoxy groups -OCH3 is 1. The maximum atomic E-state index is 13.1. The molecule has 0 aliphatic carbocycles. The van der Waals surface area contributed by atoms with Crippen LogP contribution in [0.5, 0.6) is 5.88 Å². The van der Waals surface area contributed by atoms with Crippen LogP contribution in [-0.2, 0) is 0 Å². The Morgan fingerprint density at radius 3 is 2.72 bits per heavy atom. The molecule has 0 aromatic carbocycles. The minimum absolute atomic E-state index is 0.0777. The number of ether oxygens (including phenoxy) is 1. The summed E-state index contributed by atoms with van der Waals surface area (Å²) in [5, 5.41) is 31.2. The number of nitrogens with zero attached hydrogens (tertiary/aromatic N) is 6. The minimum Gasteiger partial charge on any atom is -0.480 e. The molecule has 0 radical (unpaired) electrons. The molecule has 0 saturated heterocycles. The van der Waals surface area contributed by atoms with Crippen LogP contribution >= 0.6 is 0 Å². The molecule has 0 aliphatic rings. The second-order valence-corrected chi connectivity index (χ2v) is 8.26. The average molecular weight is 494 g/mol. The van der Waals surface area contributed by atoms with Gasteiger partial charge in [-0.05, 0) is 31.5 Å². The molecule has 0 bridgehead atoms. The number of pyridine rings is 1. The van der Waals surface area contributed by atoms with Crippen LogP contribution in [0, 0.1) is 0 Å². The second-order valence-electron chi connectivity index (χ2n) is 8.26. The zero-order chi connectivity index (χ0) is 25.9. The number of amides is 1. The normalized spacial score (nSPS) is 12.7. The molecule has 0 fully saturated rings. The van der Waals surface area contributed by atoms with Crippen LogP contribution in [0.2, 0.25) is 0 Å². The second kappa shape index (κ2) is 10.00. The van der Waals surface area contributed by atoms with E-state index in [9.17, 15) is 14.7 Å². The molecule has 36 heavy (non-hydrogen) atoms. The van der Waals surface area contributed by atoms with E-state index in [1.54, 1.807) is 50.5 Å². The molecule has 0 spiro atoms. The lowest BCUT2D eigenvalue weighted by Crippen LogP contribution is -2.40. The first kappa shape index (κ1) is 24.6. The maximum absolute atomic E-state index is 13.1. The van der Waals surface area contributed by atoms with Gasteiger partial charge >= 0.3 is 0 Å². The predicted molar refractivity (Wildman–Crippen MR) is 133 cm³/mol. The molecule has 13 nitrogen and oxygen atoms in total. The first-order chi connectivity index (χ1) is 17.3. The maximum Gasteiger partial charge on any atom is 0.280 e. The smallest absolute Gasteiger partial charge is 0.280 e. The van der Waals surface area contributed by atoms with Crippen LogP contribution in [0.3, 0.4) is 0 Å². The van der Waals surface area contributed by atoms with Gasteiger partial charge in [-0.2, -0.15) is 9.61 Å². The highest BCUT2D eigenvalue weighted by molar-refractivity contribution is 6.00. The van der Waals surface area contributed by atoms with Crippen LogP contribution in [0.4, 0.5) is 17.3 Å². The molecular weight excluding hydrogens is 466 g/mol. The molecule has 4 aromatic heterocycles. The molecule has 4 rings (SSSR count). The van der Waals surface area contributed by atoms with Gasteiger partial charge < -0.3 is 25.8 Å². The van der Waals surface area contributed by atoms with E-state index in [2.05, 4.69) is 36.2 Å². The van der Waals surface area contributed by atoms with Gasteiger partial charge in [-0.3, -0.25) is 14.2 Å². The molecule has 4 aromatic rings. The van der Waals surface area contributed by atoms with Crippen molar-refractivity contribution in [2.75, 3.05) is 31.3 Å². The van der Waals surface area contributed by atoms with Crippen LogP contribution in [0.15, 0.2) is 47.5 Å². The van der Waals surface area contributed by atoms with E-state index in [0.29, 0.717) is 29.8 Å². The van der Waals surface area contributed by atoms with E-state index < -0.39 is 11.5 Å². The van der Waals surface area contributed by atoms with Gasteiger partial charge in [-0.25, -0.2) is 4.98 Å². The summed E-state index contributed by atoms with van der Waals surface area (Å²) >= 11 is 0. The van der Waals surface area contributed by atoms with E-state index in [1.165, 1.54) is 22.4 Å². The molecule has 13 heteroatoms. The number of aliphatic hydroxyl groups is 1. The van der Waals surface area contributed by atoms with E-state index in [4.69, 9.17) is 4.74 Å². The van der Waals surface area contributed by atoms with Crippen molar-refractivity contribution in [3.63, 3.8) is 0 Å². The lowest BCUT2D eigenvalue weighted by atomic mass is 10.0. The van der Waals surface area contributed by atoms with Crippen molar-refractivity contribution in [2.45, 2.75) is 25.9 Å². The van der Waals surface area contributed by atoms with Crippen LogP contribution in [-0.4, -0.2) is 66.7 Å². The summed E-state index contributed by atoms with van der Waals surface area (Å²) in [6.07, 6.45) is 3.46. The number of hydrogen-bond acceptors (Lipinski definition) is 10. The molecule has 1 atom stereocenters. The van der Waals surface area contributed by atoms with E-state index in [-0.39, 0.29) is 29.0 Å². The Balaban J connectivity index is 1.67. The Morgan fingerprint density at radius 1 is 1.25 bits per heavy atom. The van der Waals surface area contributed by atoms with Gasteiger partial charge in [0.25, 0.3) is 11.5 Å². The van der Waals surface area contributed by atoms with Crippen molar-refractivity contribution in [2.24, 2.45) is 0 Å². The number of anilines is 3. The summed E-state index contributed by atoms with van der Waals surface area (Å²) in [5.41, 5.74) is -0.677. The summed E-state index contributed by atoms with van der Waals surface area (Å²) in [7, 11) is 3.18. The zero-order valence-electron chi connectivity index (χ0n) is 20.3. The topological polar surface area (TPSA) is 161 Å². The van der Waals surface area contributed by atoms with Crippen molar-refractivity contribution in [1.82, 2.24) is 34.7 Å². The largest absolute Gasteiger partial charge is 0.480 e. The third-order valence-electron chi connectivity index (χ3n) is 5.66. The summed E-state index contributed by atoms with van der Waals surface area (Å²) in [5.74, 6) is 1.08. The molecule has 1 unspecified atom stereocenters. The molecular formula is C23H27N9O4. The summed E-state index contributed by atoms with van der Waals surface area (Å²) < 4.78 is 7.83. The molecule has 188 valence electrons. The fraction of sp³-hybridized carbons (Fsp3) is 0.304. The van der Waals surface area contributed by atoms with Crippen molar-refractivity contribution < 1.29 is 14.6 Å². The van der Waals surface area contributed by atoms with Gasteiger partial charge in [0.15, 0.2) is 11.5 Å². The van der Waals surface area contributed by atoms with Gasteiger partial charge in [-0.1, -0.05) is 6.92 Å². The Hall–Kier alpha value is -4.52. The standard InChI is InChI=1S/C23H27N9O4/c1-5-23(2,35)13-25-21(33)14-12-26-32-18(24-3)11-16(28-20(14)32)27-15-7-6-10-31(22(15)34)17-8-9-19(36-4)30-29-17/h6-12,24,35H,5,13H2,1-4H3,(H,25,33)(H,27,28). The molecule has 4 N–H and O–H groups in total. The monoisotopic (exact) mass is 493 g/mol. The van der Waals surface area contributed by atoms with Crippen LogP contribution in [0.1, 0.15) is 30.6 Å². The molecule has 0 aliphatic heterocycles. The minimum atomic E-state index is -1.03. The summed E-state index contributed by atoms with van der Waals surface area (Å²) in [6.45, 7) is 3.56. The highest BCUT2D eigenvalue weighted by Crippen LogP contribution is 2.21. The van der Waals surface area contributed by atoms with E-state index in [1.807, 2.05) is 6.92 Å². The molecule has 1 amide bonds. The highest BCUT2D eigenvalue weighted by Gasteiger charge is 2.22. The van der Waals surface area contributed by atoms with Crippen molar-refractivity contribution in [1.29, 1.82) is 0 Å². The van der Waals surface area contributed by atoms with Crippen LogP contribution in [0.25, 0.3) is 11.5 Å². The number of carbonyl (C=O) groups is 1. The number of rotatable bonds is 9. The van der Waals surface area contributed by atoms with Gasteiger partial charge in [0, 0.05) is 31.9 Å². The van der Waals surface area contributed by atoms with Crippen LogP contribution < -0.4 is 26.2 Å². The van der Waals surface area contributed by atoms with Gasteiger partial charge in [0.1, 0.15) is 22.9 Å². The number of carbonyl (C=O) groups excluding carboxylic acids is 1. The van der Waals surface area contributed by atoms with Crippen molar-refractivity contribution in [3.05, 3.63) is 58.6 Å². The lowest BCUT2D eigenvalue weighted by molar-refractivity contribution is 0.0518. The van der Waals surface area contributed by atoms with Gasteiger partial charge in [0.05, 0.1) is 18.9 Å². The first-order valence-corrected chi connectivity index (χ1v) is 11.2. The number of aromatic nitrogens is 6. The number of hydrogen-bond donors (Lipinski definition) is 4. The predicted octanol–water partition coefficient (Wildman–Crippen LogP) is 1.35. The fourth-order valence-corrected chi connectivity index (χ4v) is 3.31. The number of nitrogens with one attached hydrogen (secondary N) is 3. The Bertz CT molecular complexity index is 1440. The first-order valence-electron chi connectivity index (χ1n) is 11.2. The van der Waals surface area contributed by atoms with E-state index >= 15 is 0 Å². The van der Waals surface area contributed by atoms with Crippen molar-refractivity contribution in [3.8, 4) is 11.7 Å². The Morgan fingerprint density at radius 2 is 2.06 bits per heavy atom. The van der Waals surface area contributed by atoms with Gasteiger partial charge in [0.2, 0.25) is 5.88 Å². The summed E-state index contributed by atoms with van der Waals surface area (Å²) in [6, 6.07) is 8.18. The molecule has 4 heterocycles. The number of fused-ring (bicyclic) bond motifs is 1. The average Bonchev–Trinajstić information content (AvgIpc) is 3.32. The van der Waals surface area contributed by atoms with Crippen molar-refractivity contribution >= 4 is 28.9 Å². The third kappa shape index (κ3) is 4.95. The van der Waals surface area contributed by atoms with E-state index in [0.717, 1.165) is 0 Å². The quantitative estimate of drug-likeness (QED) is 0.268. The Labute approximate surface area is 206 Å². The van der Waals surface area contributed by atoms with Gasteiger partial charge in [-0.15, -0.1) is 10.2 Å². The summed E-state index contributed by atoms with van der Waals surface area (Å²) in [4.78, 5) is 30.5. The fourth-order valence-electron chi connectivity index (χ4n) is 3.31. The third-order valence-corrected chi connectivity index (χ3v) is 5.66. The lowest BCUT2D eigenvalue weighted by Gasteiger charge is -2.21. The molecule has 0 saturated carbocycles. The SMILES string of the molecule is CCC(C)(O)CNC(=O)c1cnn2c(NC)cc(Nc3cccn(-c4ccc(OC)nn4)c3=O)nc12. The highest BCUT2D eigenvalue weighted by atomic mass is 16.5.